The lowest BCUT2D eigenvalue weighted by molar-refractivity contribution is 0.124. The fraction of sp³-hybridized carbons (Fsp3) is 0.0270. The van der Waals surface area contributed by atoms with Gasteiger partial charge in [0.15, 0.2) is 0 Å². The monoisotopic (exact) mass is 498 g/mol. The Morgan fingerprint density at radius 3 is 1.31 bits per heavy atom. The SMILES string of the molecule is C(#Cc1cc2ccccc2c2c1OCOc1c(C#Cc3ccccc3)cc3ccccc3c1-2)c1ccccc1. The maximum atomic E-state index is 6.35. The molecule has 0 radical (unpaired) electrons. The molecule has 2 nitrogen and oxygen atoms in total. The van der Waals surface area contributed by atoms with Crippen LogP contribution in [0, 0.1) is 23.7 Å². The van der Waals surface area contributed by atoms with Gasteiger partial charge in [-0.05, 0) is 57.9 Å². The number of hydrogen-bond donors (Lipinski definition) is 0. The van der Waals surface area contributed by atoms with Gasteiger partial charge >= 0.3 is 0 Å². The van der Waals surface area contributed by atoms with Crippen LogP contribution in [0.1, 0.15) is 22.3 Å². The number of rotatable bonds is 0. The van der Waals surface area contributed by atoms with Crippen molar-refractivity contribution in [1.29, 1.82) is 0 Å². The van der Waals surface area contributed by atoms with Crippen LogP contribution in [-0.2, 0) is 0 Å². The molecule has 39 heavy (non-hydrogen) atoms. The summed E-state index contributed by atoms with van der Waals surface area (Å²) < 4.78 is 12.7. The molecular weight excluding hydrogens is 476 g/mol. The Morgan fingerprint density at radius 2 is 0.846 bits per heavy atom. The van der Waals surface area contributed by atoms with E-state index in [0.29, 0.717) is 0 Å². The topological polar surface area (TPSA) is 18.5 Å². The maximum Gasteiger partial charge on any atom is 0.231 e. The minimum absolute atomic E-state index is 0.0662. The van der Waals surface area contributed by atoms with Crippen molar-refractivity contribution in [3.05, 3.63) is 144 Å². The van der Waals surface area contributed by atoms with Gasteiger partial charge in [0.25, 0.3) is 0 Å². The molecule has 0 bridgehead atoms. The highest BCUT2D eigenvalue weighted by Crippen LogP contribution is 2.49. The van der Waals surface area contributed by atoms with Crippen LogP contribution >= 0.6 is 0 Å². The molecule has 6 aromatic carbocycles. The van der Waals surface area contributed by atoms with Gasteiger partial charge in [-0.15, -0.1) is 0 Å². The molecule has 0 N–H and O–H groups in total. The van der Waals surface area contributed by atoms with Crippen molar-refractivity contribution >= 4 is 21.5 Å². The third kappa shape index (κ3) is 4.25. The van der Waals surface area contributed by atoms with Gasteiger partial charge in [-0.25, -0.2) is 0 Å². The van der Waals surface area contributed by atoms with Crippen LogP contribution in [0.15, 0.2) is 121 Å². The van der Waals surface area contributed by atoms with E-state index in [1.807, 2.05) is 60.7 Å². The Labute approximate surface area is 227 Å². The first-order valence-electron chi connectivity index (χ1n) is 12.9. The minimum Gasteiger partial charge on any atom is -0.456 e. The predicted octanol–water partition coefficient (Wildman–Crippen LogP) is 8.19. The largest absolute Gasteiger partial charge is 0.456 e. The van der Waals surface area contributed by atoms with Crippen LogP contribution in [0.2, 0.25) is 0 Å². The zero-order valence-corrected chi connectivity index (χ0v) is 21.1. The Balaban J connectivity index is 1.55. The van der Waals surface area contributed by atoms with Crippen molar-refractivity contribution in [1.82, 2.24) is 0 Å². The van der Waals surface area contributed by atoms with Crippen LogP contribution in [0.5, 0.6) is 11.5 Å². The van der Waals surface area contributed by atoms with E-state index in [1.54, 1.807) is 0 Å². The summed E-state index contributed by atoms with van der Waals surface area (Å²) in [5.74, 6) is 14.9. The Hall–Kier alpha value is -5.44. The van der Waals surface area contributed by atoms with E-state index >= 15 is 0 Å². The molecule has 0 amide bonds. The van der Waals surface area contributed by atoms with Crippen LogP contribution in [-0.4, -0.2) is 6.79 Å². The molecule has 0 unspecified atom stereocenters. The first-order chi connectivity index (χ1) is 19.3. The molecule has 6 aromatic rings. The average Bonchev–Trinajstić information content (AvgIpc) is 3.21. The number of ether oxygens (including phenoxy) is 2. The summed E-state index contributed by atoms with van der Waals surface area (Å²) in [7, 11) is 0. The van der Waals surface area contributed by atoms with E-state index in [1.165, 1.54) is 0 Å². The third-order valence-electron chi connectivity index (χ3n) is 6.89. The summed E-state index contributed by atoms with van der Waals surface area (Å²) in [6.45, 7) is 0.0662. The summed E-state index contributed by atoms with van der Waals surface area (Å²) in [5, 5.41) is 4.36. The first-order valence-corrected chi connectivity index (χ1v) is 12.9. The Kier molecular flexibility index (Phi) is 5.71. The second-order valence-electron chi connectivity index (χ2n) is 9.34. The zero-order valence-electron chi connectivity index (χ0n) is 21.1. The molecule has 0 fully saturated rings. The summed E-state index contributed by atoms with van der Waals surface area (Å²) in [6, 6.07) is 41.0. The molecule has 0 atom stereocenters. The van der Waals surface area contributed by atoms with E-state index in [4.69, 9.17) is 9.47 Å². The van der Waals surface area contributed by atoms with Crippen LogP contribution < -0.4 is 9.47 Å². The molecule has 0 aromatic heterocycles. The summed E-state index contributed by atoms with van der Waals surface area (Å²) in [5.41, 5.74) is 5.53. The summed E-state index contributed by atoms with van der Waals surface area (Å²) in [4.78, 5) is 0. The van der Waals surface area contributed by atoms with Crippen molar-refractivity contribution in [2.24, 2.45) is 0 Å². The summed E-state index contributed by atoms with van der Waals surface area (Å²) in [6.07, 6.45) is 0. The first kappa shape index (κ1) is 22.7. The second kappa shape index (κ2) is 9.79. The molecule has 0 saturated heterocycles. The number of fused-ring (bicyclic) bond motifs is 7. The highest BCUT2D eigenvalue weighted by atomic mass is 16.7. The van der Waals surface area contributed by atoms with Crippen molar-refractivity contribution < 1.29 is 9.47 Å². The van der Waals surface area contributed by atoms with Gasteiger partial charge < -0.3 is 9.47 Å². The lowest BCUT2D eigenvalue weighted by Crippen LogP contribution is -2.05. The Morgan fingerprint density at radius 1 is 0.436 bits per heavy atom. The highest BCUT2D eigenvalue weighted by Gasteiger charge is 2.26. The quantitative estimate of drug-likeness (QED) is 0.197. The molecule has 1 heterocycles. The van der Waals surface area contributed by atoms with E-state index in [0.717, 1.165) is 66.4 Å². The van der Waals surface area contributed by atoms with Gasteiger partial charge in [-0.1, -0.05) is 109 Å². The van der Waals surface area contributed by atoms with Gasteiger partial charge in [-0.2, -0.15) is 0 Å². The van der Waals surface area contributed by atoms with E-state index < -0.39 is 0 Å². The normalized spacial score (nSPS) is 11.5. The van der Waals surface area contributed by atoms with Gasteiger partial charge in [0.05, 0.1) is 11.1 Å². The molecule has 0 spiro atoms. The van der Waals surface area contributed by atoms with Crippen LogP contribution in [0.25, 0.3) is 32.7 Å². The average molecular weight is 499 g/mol. The van der Waals surface area contributed by atoms with Crippen molar-refractivity contribution in [3.63, 3.8) is 0 Å². The molecular formula is C37H22O2. The van der Waals surface area contributed by atoms with Crippen molar-refractivity contribution in [3.8, 4) is 46.3 Å². The van der Waals surface area contributed by atoms with Gasteiger partial charge in [0.2, 0.25) is 6.79 Å². The van der Waals surface area contributed by atoms with Crippen molar-refractivity contribution in [2.75, 3.05) is 6.79 Å². The molecule has 7 rings (SSSR count). The molecule has 1 aliphatic heterocycles. The van der Waals surface area contributed by atoms with E-state index in [-0.39, 0.29) is 6.79 Å². The maximum absolute atomic E-state index is 6.35. The zero-order chi connectivity index (χ0) is 26.0. The lowest BCUT2D eigenvalue weighted by atomic mass is 9.89. The minimum atomic E-state index is 0.0662. The molecule has 1 aliphatic rings. The molecule has 182 valence electrons. The third-order valence-corrected chi connectivity index (χ3v) is 6.89. The fourth-order valence-electron chi connectivity index (χ4n) is 5.11. The standard InChI is InChI=1S/C37H22O2/c1-3-11-26(12-4-1)19-21-30-23-28-15-7-9-17-32(28)34-35-33-18-10-8-16-29(33)24-31(37(35)39-25-38-36(30)34)22-20-27-13-5-2-6-14-27/h1-18,23-24H,25H2. The Bertz CT molecular complexity index is 1840. The van der Waals surface area contributed by atoms with Gasteiger partial charge in [0, 0.05) is 22.3 Å². The van der Waals surface area contributed by atoms with Gasteiger partial charge in [-0.3, -0.25) is 0 Å². The smallest absolute Gasteiger partial charge is 0.231 e. The molecule has 2 heteroatoms. The van der Waals surface area contributed by atoms with Crippen LogP contribution in [0.3, 0.4) is 0 Å². The fourth-order valence-corrected chi connectivity index (χ4v) is 5.11. The molecule has 0 saturated carbocycles. The van der Waals surface area contributed by atoms with Crippen LogP contribution in [0.4, 0.5) is 0 Å². The van der Waals surface area contributed by atoms with E-state index in [9.17, 15) is 0 Å². The number of benzene rings is 6. The summed E-state index contributed by atoms with van der Waals surface area (Å²) >= 11 is 0. The van der Waals surface area contributed by atoms with Gasteiger partial charge in [0.1, 0.15) is 11.5 Å². The highest BCUT2D eigenvalue weighted by molar-refractivity contribution is 6.11. The van der Waals surface area contributed by atoms with Crippen molar-refractivity contribution in [2.45, 2.75) is 0 Å². The number of hydrogen-bond acceptors (Lipinski definition) is 2. The molecule has 0 aliphatic carbocycles. The second-order valence-corrected chi connectivity index (χ2v) is 9.34. The lowest BCUT2D eigenvalue weighted by Gasteiger charge is -2.16. The van der Waals surface area contributed by atoms with E-state index in [2.05, 4.69) is 84.3 Å². The predicted molar refractivity (Wildman–Crippen MR) is 158 cm³/mol.